The zero-order chi connectivity index (χ0) is 28.1. The van der Waals surface area contributed by atoms with Crippen molar-refractivity contribution in [1.82, 2.24) is 5.32 Å². The first-order valence-electron chi connectivity index (χ1n) is 11.7. The van der Waals surface area contributed by atoms with Crippen molar-refractivity contribution in [2.24, 2.45) is 5.41 Å². The molecule has 12 heteroatoms. The van der Waals surface area contributed by atoms with Gasteiger partial charge >= 0.3 is 6.18 Å². The number of alkyl halides is 3. The lowest BCUT2D eigenvalue weighted by molar-refractivity contribution is -0.137. The van der Waals surface area contributed by atoms with Crippen LogP contribution in [0.1, 0.15) is 56.3 Å². The van der Waals surface area contributed by atoms with Crippen LogP contribution < -0.4 is 16.0 Å². The van der Waals surface area contributed by atoms with Gasteiger partial charge in [0.05, 0.1) is 23.1 Å². The molecule has 0 bridgehead atoms. The van der Waals surface area contributed by atoms with E-state index in [0.717, 1.165) is 12.1 Å². The molecule has 3 N–H and O–H groups in total. The zero-order valence-electron chi connectivity index (χ0n) is 19.8. The molecule has 1 atom stereocenters. The lowest BCUT2D eigenvalue weighted by Gasteiger charge is -2.20. The highest BCUT2D eigenvalue weighted by Crippen LogP contribution is 2.46. The van der Waals surface area contributed by atoms with Gasteiger partial charge in [0.25, 0.3) is 11.8 Å². The molecule has 2 aliphatic rings. The Balaban J connectivity index is 1.58. The predicted octanol–water partition coefficient (Wildman–Crippen LogP) is 6.44. The number of nitrogens with one attached hydrogen (secondary N) is 3. The maximum Gasteiger partial charge on any atom is 0.416 e. The normalized spacial score (nSPS) is 17.2. The molecule has 39 heavy (non-hydrogen) atoms. The van der Waals surface area contributed by atoms with Crippen LogP contribution in [-0.2, 0) is 6.18 Å². The van der Waals surface area contributed by atoms with E-state index < -0.39 is 52.2 Å². The number of nitrogens with zero attached hydrogens (tertiary/aromatic N) is 1. The average molecular weight is 561 g/mol. The molecule has 0 radical (unpaired) electrons. The molecule has 3 aromatic rings. The fourth-order valence-corrected chi connectivity index (χ4v) is 4.66. The Labute approximate surface area is 223 Å². The molecular weight excluding hydrogens is 543 g/mol. The van der Waals surface area contributed by atoms with Gasteiger partial charge < -0.3 is 16.0 Å². The standard InChI is InChI=1S/C27H18ClF5N4O2/c28-20-2-1-15(29)8-18(20)23-22-19(25(39)37-23)9-17(35-12-26(11-34)3-4-26)10-21(22)36-24(38)13-5-14(27(31,32)33)7-16(30)6-13/h1-2,5-10,23,35H,3-4,12H2,(H,36,38)(H,37,39)/t23-/m1/s1. The molecular formula is C27H18ClF5N4O2. The molecule has 200 valence electrons. The monoisotopic (exact) mass is 560 g/mol. The van der Waals surface area contributed by atoms with Crippen molar-refractivity contribution < 1.29 is 31.5 Å². The van der Waals surface area contributed by atoms with Gasteiger partial charge in [0.15, 0.2) is 0 Å². The summed E-state index contributed by atoms with van der Waals surface area (Å²) in [4.78, 5) is 26.0. The van der Waals surface area contributed by atoms with E-state index in [4.69, 9.17) is 11.6 Å². The molecule has 5 rings (SSSR count). The summed E-state index contributed by atoms with van der Waals surface area (Å²) in [5.74, 6) is -3.53. The van der Waals surface area contributed by atoms with Gasteiger partial charge in [0.2, 0.25) is 0 Å². The molecule has 1 fully saturated rings. The maximum absolute atomic E-state index is 14.1. The SMILES string of the molecule is N#CC1(CNc2cc(NC(=O)c3cc(F)cc(C(F)(F)F)c3)c3c(c2)C(=O)N[C@@H]3c2cc(F)ccc2Cl)CC1. The topological polar surface area (TPSA) is 94.0 Å². The van der Waals surface area contributed by atoms with Crippen LogP contribution in [0.2, 0.25) is 5.02 Å². The summed E-state index contributed by atoms with van der Waals surface area (Å²) in [6.07, 6.45) is -3.52. The van der Waals surface area contributed by atoms with Crippen molar-refractivity contribution >= 4 is 34.8 Å². The van der Waals surface area contributed by atoms with Crippen molar-refractivity contribution in [3.05, 3.63) is 93.0 Å². The second-order valence-electron chi connectivity index (χ2n) is 9.48. The van der Waals surface area contributed by atoms with E-state index in [1.54, 1.807) is 0 Å². The zero-order valence-corrected chi connectivity index (χ0v) is 20.6. The lowest BCUT2D eigenvalue weighted by Crippen LogP contribution is -2.21. The number of rotatable bonds is 6. The Hall–Kier alpha value is -4.17. The van der Waals surface area contributed by atoms with Crippen LogP contribution in [0.4, 0.5) is 33.3 Å². The van der Waals surface area contributed by atoms with Crippen LogP contribution in [0.15, 0.2) is 48.5 Å². The number of amides is 2. The summed E-state index contributed by atoms with van der Waals surface area (Å²) in [5, 5.41) is 17.7. The van der Waals surface area contributed by atoms with Crippen LogP contribution >= 0.6 is 11.6 Å². The Morgan fingerprint density at radius 2 is 1.85 bits per heavy atom. The first-order chi connectivity index (χ1) is 18.4. The maximum atomic E-state index is 14.1. The number of benzene rings is 3. The molecule has 3 aromatic carbocycles. The van der Waals surface area contributed by atoms with E-state index in [9.17, 15) is 36.8 Å². The third kappa shape index (κ3) is 5.25. The van der Waals surface area contributed by atoms with Crippen LogP contribution in [0.25, 0.3) is 0 Å². The quantitative estimate of drug-likeness (QED) is 0.303. The van der Waals surface area contributed by atoms with Gasteiger partial charge in [0.1, 0.15) is 11.6 Å². The molecule has 0 saturated heterocycles. The first-order valence-corrected chi connectivity index (χ1v) is 12.0. The third-order valence-electron chi connectivity index (χ3n) is 6.71. The number of nitriles is 1. The largest absolute Gasteiger partial charge is 0.416 e. The molecule has 1 heterocycles. The van der Waals surface area contributed by atoms with Crippen molar-refractivity contribution in [1.29, 1.82) is 5.26 Å². The highest BCUT2D eigenvalue weighted by molar-refractivity contribution is 6.31. The molecule has 0 aromatic heterocycles. The molecule has 0 spiro atoms. The van der Waals surface area contributed by atoms with Crippen molar-refractivity contribution in [3.63, 3.8) is 0 Å². The van der Waals surface area contributed by atoms with Crippen LogP contribution in [-0.4, -0.2) is 18.4 Å². The van der Waals surface area contributed by atoms with E-state index in [2.05, 4.69) is 22.0 Å². The summed E-state index contributed by atoms with van der Waals surface area (Å²) in [6.45, 7) is 0.259. The van der Waals surface area contributed by atoms with Gasteiger partial charge in [-0.25, -0.2) is 8.78 Å². The van der Waals surface area contributed by atoms with Crippen molar-refractivity contribution in [3.8, 4) is 6.07 Å². The molecule has 1 aliphatic heterocycles. The highest BCUT2D eigenvalue weighted by Gasteiger charge is 2.43. The average Bonchev–Trinajstić information content (AvgIpc) is 3.59. The molecule has 1 aliphatic carbocycles. The van der Waals surface area contributed by atoms with Gasteiger partial charge in [-0.1, -0.05) is 11.6 Å². The van der Waals surface area contributed by atoms with E-state index in [1.807, 2.05) is 0 Å². The summed E-state index contributed by atoms with van der Waals surface area (Å²) < 4.78 is 67.7. The molecule has 0 unspecified atom stereocenters. The van der Waals surface area contributed by atoms with Crippen LogP contribution in [0, 0.1) is 28.4 Å². The number of anilines is 2. The molecule has 2 amide bonds. The Kier molecular flexibility index (Phi) is 6.47. The number of halogens is 6. The Morgan fingerprint density at radius 1 is 1.10 bits per heavy atom. The number of hydrogen-bond donors (Lipinski definition) is 3. The number of carbonyl (C=O) groups is 2. The summed E-state index contributed by atoms with van der Waals surface area (Å²) in [5.41, 5.74) is -1.68. The predicted molar refractivity (Wildman–Crippen MR) is 132 cm³/mol. The summed E-state index contributed by atoms with van der Waals surface area (Å²) in [7, 11) is 0. The lowest BCUT2D eigenvalue weighted by atomic mass is 9.95. The minimum absolute atomic E-state index is 0.00306. The van der Waals surface area contributed by atoms with Crippen molar-refractivity contribution in [2.75, 3.05) is 17.2 Å². The van der Waals surface area contributed by atoms with Crippen molar-refractivity contribution in [2.45, 2.75) is 25.1 Å². The van der Waals surface area contributed by atoms with E-state index in [0.29, 0.717) is 30.7 Å². The van der Waals surface area contributed by atoms with Gasteiger partial charge in [0, 0.05) is 45.2 Å². The highest BCUT2D eigenvalue weighted by atomic mass is 35.5. The smallest absolute Gasteiger partial charge is 0.383 e. The number of carbonyl (C=O) groups excluding carboxylic acids is 2. The summed E-state index contributed by atoms with van der Waals surface area (Å²) in [6, 6.07) is 9.13. The fraction of sp³-hybridized carbons (Fsp3) is 0.222. The third-order valence-corrected chi connectivity index (χ3v) is 7.06. The fourth-order valence-electron chi connectivity index (χ4n) is 4.44. The Morgan fingerprint density at radius 3 is 2.51 bits per heavy atom. The van der Waals surface area contributed by atoms with E-state index in [-0.39, 0.29) is 40.0 Å². The van der Waals surface area contributed by atoms with E-state index in [1.165, 1.54) is 18.2 Å². The minimum Gasteiger partial charge on any atom is -0.383 e. The van der Waals surface area contributed by atoms with Gasteiger partial charge in [-0.3, -0.25) is 9.59 Å². The number of hydrogen-bond acceptors (Lipinski definition) is 4. The minimum atomic E-state index is -4.89. The van der Waals surface area contributed by atoms with Crippen LogP contribution in [0.5, 0.6) is 0 Å². The second-order valence-corrected chi connectivity index (χ2v) is 9.89. The van der Waals surface area contributed by atoms with E-state index >= 15 is 0 Å². The van der Waals surface area contributed by atoms with Gasteiger partial charge in [-0.05, 0) is 61.4 Å². The van der Waals surface area contributed by atoms with Gasteiger partial charge in [-0.2, -0.15) is 18.4 Å². The number of fused-ring (bicyclic) bond motifs is 1. The summed E-state index contributed by atoms with van der Waals surface area (Å²) >= 11 is 6.28. The first kappa shape index (κ1) is 26.4. The molecule has 1 saturated carbocycles. The molecule has 6 nitrogen and oxygen atoms in total. The van der Waals surface area contributed by atoms with Gasteiger partial charge in [-0.15, -0.1) is 0 Å². The van der Waals surface area contributed by atoms with Crippen LogP contribution in [0.3, 0.4) is 0 Å². The Bertz CT molecular complexity index is 1560. The second kappa shape index (κ2) is 9.54.